The van der Waals surface area contributed by atoms with Gasteiger partial charge >= 0.3 is 0 Å². The minimum absolute atomic E-state index is 0.251. The van der Waals surface area contributed by atoms with Crippen LogP contribution in [-0.2, 0) is 4.79 Å². The molecule has 0 aliphatic heterocycles. The second-order valence-corrected chi connectivity index (χ2v) is 3.19. The second-order valence-electron chi connectivity index (χ2n) is 2.75. The number of rotatable bonds is 1. The molecule has 1 aliphatic rings. The molecule has 60 valence electrons. The van der Waals surface area contributed by atoms with Crippen LogP contribution < -0.4 is 0 Å². The zero-order chi connectivity index (χ0) is 8.55. The maximum atomic E-state index is 10.5. The number of hydrogen-bond acceptors (Lipinski definition) is 1. The highest BCUT2D eigenvalue weighted by Gasteiger charge is 2.21. The number of hydrogen-bond donors (Lipinski definition) is 0. The highest BCUT2D eigenvalue weighted by atomic mass is 35.5. The number of aldehydes is 1. The van der Waals surface area contributed by atoms with Gasteiger partial charge in [0.05, 0.1) is 5.38 Å². The van der Waals surface area contributed by atoms with Gasteiger partial charge in [0.15, 0.2) is 0 Å². The molecule has 0 N–H and O–H groups in total. The first-order valence-corrected chi connectivity index (χ1v) is 4.16. The van der Waals surface area contributed by atoms with Crippen molar-refractivity contribution in [1.29, 1.82) is 0 Å². The van der Waals surface area contributed by atoms with Gasteiger partial charge in [0, 0.05) is 5.57 Å². The summed E-state index contributed by atoms with van der Waals surface area (Å²) in [6, 6.07) is 7.77. The van der Waals surface area contributed by atoms with E-state index >= 15 is 0 Å². The third kappa shape index (κ3) is 0.978. The van der Waals surface area contributed by atoms with Crippen LogP contribution in [0.1, 0.15) is 16.5 Å². The highest BCUT2D eigenvalue weighted by Crippen LogP contribution is 2.37. The van der Waals surface area contributed by atoms with Crippen molar-refractivity contribution in [2.75, 3.05) is 0 Å². The molecule has 12 heavy (non-hydrogen) atoms. The Hall–Kier alpha value is -1.08. The number of halogens is 1. The van der Waals surface area contributed by atoms with Crippen LogP contribution in [0.5, 0.6) is 0 Å². The molecule has 0 fully saturated rings. The standard InChI is InChI=1S/C10H7ClO/c11-10-8(6-12)5-7-3-1-2-4-9(7)10/h1-6,10H. The molecule has 0 radical (unpaired) electrons. The smallest absolute Gasteiger partial charge is 0.147 e. The predicted molar refractivity (Wildman–Crippen MR) is 49.1 cm³/mol. The number of fused-ring (bicyclic) bond motifs is 1. The molecule has 1 atom stereocenters. The summed E-state index contributed by atoms with van der Waals surface area (Å²) in [5.41, 5.74) is 2.73. The number of alkyl halides is 1. The van der Waals surface area contributed by atoms with E-state index in [1.54, 1.807) is 0 Å². The Labute approximate surface area is 75.7 Å². The lowest BCUT2D eigenvalue weighted by atomic mass is 10.1. The maximum Gasteiger partial charge on any atom is 0.147 e. The first-order valence-electron chi connectivity index (χ1n) is 3.72. The van der Waals surface area contributed by atoms with Crippen molar-refractivity contribution in [3.63, 3.8) is 0 Å². The lowest BCUT2D eigenvalue weighted by Crippen LogP contribution is -1.89. The molecular weight excluding hydrogens is 172 g/mol. The average Bonchev–Trinajstić information content (AvgIpc) is 2.44. The Balaban J connectivity index is 2.54. The molecule has 2 rings (SSSR count). The molecule has 0 saturated carbocycles. The molecule has 0 heterocycles. The Bertz CT molecular complexity index is 355. The van der Waals surface area contributed by atoms with Gasteiger partial charge in [0.1, 0.15) is 6.29 Å². The maximum absolute atomic E-state index is 10.5. The van der Waals surface area contributed by atoms with Crippen molar-refractivity contribution in [2.45, 2.75) is 5.38 Å². The Morgan fingerprint density at radius 2 is 2.08 bits per heavy atom. The van der Waals surface area contributed by atoms with Crippen molar-refractivity contribution in [3.05, 3.63) is 41.0 Å². The van der Waals surface area contributed by atoms with Crippen molar-refractivity contribution in [1.82, 2.24) is 0 Å². The number of benzene rings is 1. The lowest BCUT2D eigenvalue weighted by Gasteiger charge is -2.02. The SMILES string of the molecule is O=CC1=Cc2ccccc2C1Cl. The van der Waals surface area contributed by atoms with Gasteiger partial charge in [-0.25, -0.2) is 0 Å². The van der Waals surface area contributed by atoms with Crippen LogP contribution in [0.2, 0.25) is 0 Å². The van der Waals surface area contributed by atoms with Crippen LogP contribution in [0.25, 0.3) is 6.08 Å². The Morgan fingerprint density at radius 1 is 1.33 bits per heavy atom. The third-order valence-corrected chi connectivity index (χ3v) is 2.51. The number of carbonyl (C=O) groups excluding carboxylic acids is 1. The quantitative estimate of drug-likeness (QED) is 0.477. The van der Waals surface area contributed by atoms with Gasteiger partial charge in [-0.05, 0) is 17.2 Å². The molecule has 0 aromatic heterocycles. The van der Waals surface area contributed by atoms with E-state index in [1.165, 1.54) is 0 Å². The number of carbonyl (C=O) groups is 1. The molecule has 1 unspecified atom stereocenters. The van der Waals surface area contributed by atoms with Crippen LogP contribution >= 0.6 is 11.6 Å². The van der Waals surface area contributed by atoms with Gasteiger partial charge in [-0.1, -0.05) is 24.3 Å². The summed E-state index contributed by atoms with van der Waals surface area (Å²) in [4.78, 5) is 10.5. The summed E-state index contributed by atoms with van der Waals surface area (Å²) in [7, 11) is 0. The summed E-state index contributed by atoms with van der Waals surface area (Å²) >= 11 is 6.01. The first kappa shape index (κ1) is 7.56. The molecule has 1 aliphatic carbocycles. The van der Waals surface area contributed by atoms with Crippen LogP contribution in [0.4, 0.5) is 0 Å². The minimum atomic E-state index is -0.251. The summed E-state index contributed by atoms with van der Waals surface area (Å²) in [6.45, 7) is 0. The van der Waals surface area contributed by atoms with E-state index in [2.05, 4.69) is 0 Å². The molecule has 1 aromatic rings. The average molecular weight is 179 g/mol. The molecule has 0 saturated heterocycles. The fraction of sp³-hybridized carbons (Fsp3) is 0.100. The summed E-state index contributed by atoms with van der Waals surface area (Å²) in [5.74, 6) is 0. The van der Waals surface area contributed by atoms with Crippen molar-refractivity contribution in [3.8, 4) is 0 Å². The number of allylic oxidation sites excluding steroid dienone is 1. The topological polar surface area (TPSA) is 17.1 Å². The lowest BCUT2D eigenvalue weighted by molar-refractivity contribution is -0.104. The monoisotopic (exact) mass is 178 g/mol. The van der Waals surface area contributed by atoms with E-state index in [9.17, 15) is 4.79 Å². The largest absolute Gasteiger partial charge is 0.298 e. The van der Waals surface area contributed by atoms with Crippen LogP contribution in [-0.4, -0.2) is 6.29 Å². The molecule has 0 bridgehead atoms. The first-order chi connectivity index (χ1) is 5.83. The predicted octanol–water partition coefficient (Wildman–Crippen LogP) is 2.56. The van der Waals surface area contributed by atoms with E-state index in [1.807, 2.05) is 30.3 Å². The molecule has 1 aromatic carbocycles. The summed E-state index contributed by atoms with van der Waals surface area (Å²) in [5, 5.41) is -0.251. The van der Waals surface area contributed by atoms with Gasteiger partial charge in [0.25, 0.3) is 0 Å². The van der Waals surface area contributed by atoms with Crippen LogP contribution in [0.15, 0.2) is 29.8 Å². The van der Waals surface area contributed by atoms with Gasteiger partial charge in [-0.3, -0.25) is 4.79 Å². The van der Waals surface area contributed by atoms with Crippen molar-refractivity contribution >= 4 is 24.0 Å². The van der Waals surface area contributed by atoms with Crippen LogP contribution in [0, 0.1) is 0 Å². The molecule has 0 spiro atoms. The van der Waals surface area contributed by atoms with E-state index in [0.29, 0.717) is 5.57 Å². The molecule has 0 amide bonds. The third-order valence-electron chi connectivity index (χ3n) is 2.02. The van der Waals surface area contributed by atoms with Gasteiger partial charge in [-0.2, -0.15) is 0 Å². The van der Waals surface area contributed by atoms with Gasteiger partial charge in [0.2, 0.25) is 0 Å². The summed E-state index contributed by atoms with van der Waals surface area (Å²) < 4.78 is 0. The van der Waals surface area contributed by atoms with Gasteiger partial charge < -0.3 is 0 Å². The fourth-order valence-corrected chi connectivity index (χ4v) is 1.71. The Kier molecular flexibility index (Phi) is 1.74. The Morgan fingerprint density at radius 3 is 2.75 bits per heavy atom. The zero-order valence-electron chi connectivity index (χ0n) is 6.33. The molecule has 2 heteroatoms. The highest BCUT2D eigenvalue weighted by molar-refractivity contribution is 6.26. The van der Waals surface area contributed by atoms with E-state index in [0.717, 1.165) is 17.4 Å². The van der Waals surface area contributed by atoms with Crippen molar-refractivity contribution < 1.29 is 4.79 Å². The summed E-state index contributed by atoms with van der Waals surface area (Å²) in [6.07, 6.45) is 2.65. The van der Waals surface area contributed by atoms with Crippen LogP contribution in [0.3, 0.4) is 0 Å². The fourth-order valence-electron chi connectivity index (χ4n) is 1.40. The van der Waals surface area contributed by atoms with Crippen molar-refractivity contribution in [2.24, 2.45) is 0 Å². The van der Waals surface area contributed by atoms with Gasteiger partial charge in [-0.15, -0.1) is 11.6 Å². The minimum Gasteiger partial charge on any atom is -0.298 e. The molecule has 1 nitrogen and oxygen atoms in total. The second kappa shape index (κ2) is 2.76. The van der Waals surface area contributed by atoms with E-state index < -0.39 is 0 Å². The zero-order valence-corrected chi connectivity index (χ0v) is 7.08. The molecular formula is C10H7ClO. The van der Waals surface area contributed by atoms with E-state index in [-0.39, 0.29) is 5.38 Å². The van der Waals surface area contributed by atoms with E-state index in [4.69, 9.17) is 11.6 Å². The normalized spacial score (nSPS) is 20.1.